The third-order valence-corrected chi connectivity index (χ3v) is 3.09. The molecular formula is C13H19BrN2O2. The molecular weight excluding hydrogens is 296 g/mol. The first-order valence-electron chi connectivity index (χ1n) is 5.77. The number of aliphatic hydroxyl groups excluding tert-OH is 1. The molecule has 3 N–H and O–H groups in total. The lowest BCUT2D eigenvalue weighted by atomic mass is 9.89. The summed E-state index contributed by atoms with van der Waals surface area (Å²) in [5.74, 6) is 0. The van der Waals surface area contributed by atoms with Gasteiger partial charge in [-0.2, -0.15) is 0 Å². The SMILES string of the molecule is CC(C)(C)C(O)CNC(=O)Nc1ccc(Br)cc1. The molecule has 0 aliphatic carbocycles. The molecule has 0 aliphatic heterocycles. The predicted octanol–water partition coefficient (Wildman–Crippen LogP) is 2.98. The van der Waals surface area contributed by atoms with Gasteiger partial charge >= 0.3 is 6.03 Å². The molecule has 0 heterocycles. The van der Waals surface area contributed by atoms with Crippen LogP contribution in [0.1, 0.15) is 20.8 Å². The lowest BCUT2D eigenvalue weighted by Gasteiger charge is -2.25. The van der Waals surface area contributed by atoms with Crippen LogP contribution in [0.15, 0.2) is 28.7 Å². The fourth-order valence-corrected chi connectivity index (χ4v) is 1.47. The van der Waals surface area contributed by atoms with Gasteiger partial charge in [-0.1, -0.05) is 36.7 Å². The van der Waals surface area contributed by atoms with E-state index in [4.69, 9.17) is 0 Å². The second-order valence-electron chi connectivity index (χ2n) is 5.22. The maximum absolute atomic E-state index is 11.6. The van der Waals surface area contributed by atoms with Crippen molar-refractivity contribution < 1.29 is 9.90 Å². The lowest BCUT2D eigenvalue weighted by Crippen LogP contribution is -2.40. The van der Waals surface area contributed by atoms with E-state index < -0.39 is 6.10 Å². The molecule has 0 saturated heterocycles. The first kappa shape index (κ1) is 15.0. The van der Waals surface area contributed by atoms with Gasteiger partial charge in [-0.15, -0.1) is 0 Å². The summed E-state index contributed by atoms with van der Waals surface area (Å²) in [6.45, 7) is 6.00. The second-order valence-corrected chi connectivity index (χ2v) is 6.14. The van der Waals surface area contributed by atoms with Crippen molar-refractivity contribution in [1.82, 2.24) is 5.32 Å². The highest BCUT2D eigenvalue weighted by molar-refractivity contribution is 9.10. The number of urea groups is 1. The van der Waals surface area contributed by atoms with Crippen LogP contribution in [0.4, 0.5) is 10.5 Å². The van der Waals surface area contributed by atoms with Crippen LogP contribution in [-0.4, -0.2) is 23.8 Å². The number of benzene rings is 1. The highest BCUT2D eigenvalue weighted by Gasteiger charge is 2.22. The normalized spacial score (nSPS) is 12.9. The van der Waals surface area contributed by atoms with E-state index in [2.05, 4.69) is 26.6 Å². The van der Waals surface area contributed by atoms with Gasteiger partial charge in [0, 0.05) is 16.7 Å². The van der Waals surface area contributed by atoms with E-state index in [1.54, 1.807) is 12.1 Å². The number of anilines is 1. The van der Waals surface area contributed by atoms with Gasteiger partial charge in [0.25, 0.3) is 0 Å². The zero-order chi connectivity index (χ0) is 13.8. The van der Waals surface area contributed by atoms with Crippen LogP contribution in [0, 0.1) is 5.41 Å². The van der Waals surface area contributed by atoms with Crippen LogP contribution in [0.3, 0.4) is 0 Å². The molecule has 5 heteroatoms. The topological polar surface area (TPSA) is 61.4 Å². The average molecular weight is 315 g/mol. The maximum atomic E-state index is 11.6. The Morgan fingerprint density at radius 3 is 2.39 bits per heavy atom. The van der Waals surface area contributed by atoms with Gasteiger partial charge in [-0.25, -0.2) is 4.79 Å². The molecule has 1 rings (SSSR count). The summed E-state index contributed by atoms with van der Waals surface area (Å²) in [5.41, 5.74) is 0.464. The molecule has 1 aromatic carbocycles. The van der Waals surface area contributed by atoms with Gasteiger partial charge in [-0.3, -0.25) is 0 Å². The minimum absolute atomic E-state index is 0.228. The molecule has 1 atom stereocenters. The van der Waals surface area contributed by atoms with Crippen molar-refractivity contribution in [3.05, 3.63) is 28.7 Å². The van der Waals surface area contributed by atoms with E-state index in [-0.39, 0.29) is 18.0 Å². The van der Waals surface area contributed by atoms with Gasteiger partial charge in [0.05, 0.1) is 6.10 Å². The Morgan fingerprint density at radius 2 is 1.89 bits per heavy atom. The molecule has 0 aliphatic rings. The molecule has 0 fully saturated rings. The molecule has 1 aromatic rings. The molecule has 100 valence electrons. The number of hydrogen-bond acceptors (Lipinski definition) is 2. The smallest absolute Gasteiger partial charge is 0.319 e. The van der Waals surface area contributed by atoms with E-state index in [1.807, 2.05) is 32.9 Å². The Balaban J connectivity index is 2.41. The number of carbonyl (C=O) groups excluding carboxylic acids is 1. The summed E-state index contributed by atoms with van der Waals surface area (Å²) in [7, 11) is 0. The largest absolute Gasteiger partial charge is 0.391 e. The number of aliphatic hydroxyl groups is 1. The fourth-order valence-electron chi connectivity index (χ4n) is 1.20. The quantitative estimate of drug-likeness (QED) is 0.803. The van der Waals surface area contributed by atoms with Crippen molar-refractivity contribution in [1.29, 1.82) is 0 Å². The van der Waals surface area contributed by atoms with E-state index in [1.165, 1.54) is 0 Å². The van der Waals surface area contributed by atoms with Crippen LogP contribution in [0.5, 0.6) is 0 Å². The minimum atomic E-state index is -0.576. The van der Waals surface area contributed by atoms with Gasteiger partial charge in [0.2, 0.25) is 0 Å². The number of halogens is 1. The lowest BCUT2D eigenvalue weighted by molar-refractivity contribution is 0.0654. The molecule has 18 heavy (non-hydrogen) atoms. The monoisotopic (exact) mass is 314 g/mol. The van der Waals surface area contributed by atoms with Crippen molar-refractivity contribution in [2.75, 3.05) is 11.9 Å². The highest BCUT2D eigenvalue weighted by atomic mass is 79.9. The molecule has 4 nitrogen and oxygen atoms in total. The van der Waals surface area contributed by atoms with Gasteiger partial charge < -0.3 is 15.7 Å². The van der Waals surface area contributed by atoms with Gasteiger partial charge in [0.1, 0.15) is 0 Å². The minimum Gasteiger partial charge on any atom is -0.391 e. The zero-order valence-electron chi connectivity index (χ0n) is 10.8. The molecule has 0 bridgehead atoms. The molecule has 0 saturated carbocycles. The van der Waals surface area contributed by atoms with Crippen LogP contribution < -0.4 is 10.6 Å². The number of carbonyl (C=O) groups is 1. The third kappa shape index (κ3) is 5.06. The van der Waals surface area contributed by atoms with Crippen molar-refractivity contribution in [2.24, 2.45) is 5.41 Å². The van der Waals surface area contributed by atoms with Gasteiger partial charge in [-0.05, 0) is 29.7 Å². The average Bonchev–Trinajstić information content (AvgIpc) is 2.28. The maximum Gasteiger partial charge on any atom is 0.319 e. The van der Waals surface area contributed by atoms with Crippen LogP contribution in [-0.2, 0) is 0 Å². The first-order chi connectivity index (χ1) is 8.29. The van der Waals surface area contributed by atoms with Crippen molar-refractivity contribution in [2.45, 2.75) is 26.9 Å². The summed E-state index contributed by atoms with van der Waals surface area (Å²) in [6.07, 6.45) is -0.576. The summed E-state index contributed by atoms with van der Waals surface area (Å²) in [5, 5.41) is 15.1. The Hall–Kier alpha value is -1.07. The fraction of sp³-hybridized carbons (Fsp3) is 0.462. The number of hydrogen-bond donors (Lipinski definition) is 3. The standard InChI is InChI=1S/C13H19BrN2O2/c1-13(2,3)11(17)8-15-12(18)16-10-6-4-9(14)5-7-10/h4-7,11,17H,8H2,1-3H3,(H2,15,16,18). The Bertz CT molecular complexity index is 398. The Labute approximate surface area is 116 Å². The third-order valence-electron chi connectivity index (χ3n) is 2.56. The van der Waals surface area contributed by atoms with E-state index >= 15 is 0 Å². The van der Waals surface area contributed by atoms with Crippen LogP contribution >= 0.6 is 15.9 Å². The number of nitrogens with one attached hydrogen (secondary N) is 2. The molecule has 0 spiro atoms. The summed E-state index contributed by atoms with van der Waals surface area (Å²) in [4.78, 5) is 11.6. The molecule has 0 radical (unpaired) electrons. The molecule has 2 amide bonds. The molecule has 0 aromatic heterocycles. The highest BCUT2D eigenvalue weighted by Crippen LogP contribution is 2.18. The van der Waals surface area contributed by atoms with E-state index in [0.29, 0.717) is 5.69 Å². The predicted molar refractivity (Wildman–Crippen MR) is 76.6 cm³/mol. The van der Waals surface area contributed by atoms with Crippen molar-refractivity contribution in [3.8, 4) is 0 Å². The first-order valence-corrected chi connectivity index (χ1v) is 6.57. The van der Waals surface area contributed by atoms with E-state index in [9.17, 15) is 9.90 Å². The summed E-state index contributed by atoms with van der Waals surface area (Å²) in [6, 6.07) is 6.97. The van der Waals surface area contributed by atoms with Crippen LogP contribution in [0.2, 0.25) is 0 Å². The number of amides is 2. The Morgan fingerprint density at radius 1 is 1.33 bits per heavy atom. The van der Waals surface area contributed by atoms with Crippen molar-refractivity contribution >= 4 is 27.6 Å². The zero-order valence-corrected chi connectivity index (χ0v) is 12.4. The Kier molecular flexibility index (Phi) is 5.16. The second kappa shape index (κ2) is 6.20. The van der Waals surface area contributed by atoms with Crippen LogP contribution in [0.25, 0.3) is 0 Å². The van der Waals surface area contributed by atoms with Crippen molar-refractivity contribution in [3.63, 3.8) is 0 Å². The summed E-state index contributed by atoms with van der Waals surface area (Å²) < 4.78 is 0.955. The number of rotatable bonds is 3. The summed E-state index contributed by atoms with van der Waals surface area (Å²) >= 11 is 3.32. The molecule has 1 unspecified atom stereocenters. The van der Waals surface area contributed by atoms with Gasteiger partial charge in [0.15, 0.2) is 0 Å². The van der Waals surface area contributed by atoms with E-state index in [0.717, 1.165) is 4.47 Å².